The van der Waals surface area contributed by atoms with Crippen molar-refractivity contribution in [2.24, 2.45) is 0 Å². The van der Waals surface area contributed by atoms with Gasteiger partial charge in [0, 0.05) is 16.6 Å². The molecule has 0 saturated carbocycles. The molecule has 0 saturated heterocycles. The van der Waals surface area contributed by atoms with Crippen LogP contribution in [0.25, 0.3) is 22.2 Å². The standard InChI is InChI=1S/C20H16N4O3/c1-11-7-8-13(20-21-12(2)10-27-20)9-16(11)22-19(26)17-14-5-3-4-6-15(14)18(25)24-23-17/h3-10H,1-2H3,(H,22,26)(H,24,25). The van der Waals surface area contributed by atoms with Gasteiger partial charge in [0.25, 0.3) is 11.5 Å². The number of benzene rings is 2. The molecule has 134 valence electrons. The monoisotopic (exact) mass is 360 g/mol. The number of aromatic nitrogens is 3. The average molecular weight is 360 g/mol. The highest BCUT2D eigenvalue weighted by Crippen LogP contribution is 2.25. The normalized spacial score (nSPS) is 10.9. The number of oxazole rings is 1. The predicted molar refractivity (Wildman–Crippen MR) is 102 cm³/mol. The number of rotatable bonds is 3. The minimum atomic E-state index is -0.411. The van der Waals surface area contributed by atoms with Gasteiger partial charge in [0.2, 0.25) is 5.89 Å². The SMILES string of the molecule is Cc1coc(-c2ccc(C)c(NC(=O)c3n[nH]c(=O)c4ccccc34)c2)n1. The molecule has 0 unspecified atom stereocenters. The first-order chi connectivity index (χ1) is 13.0. The van der Waals surface area contributed by atoms with Gasteiger partial charge in [-0.3, -0.25) is 9.59 Å². The molecule has 0 aliphatic rings. The van der Waals surface area contributed by atoms with Crippen molar-refractivity contribution in [3.63, 3.8) is 0 Å². The highest BCUT2D eigenvalue weighted by Gasteiger charge is 2.16. The molecule has 2 N–H and O–H groups in total. The van der Waals surface area contributed by atoms with E-state index in [0.29, 0.717) is 22.4 Å². The van der Waals surface area contributed by atoms with Gasteiger partial charge < -0.3 is 9.73 Å². The minimum Gasteiger partial charge on any atom is -0.444 e. The van der Waals surface area contributed by atoms with Gasteiger partial charge in [-0.2, -0.15) is 5.10 Å². The Morgan fingerprint density at radius 3 is 2.63 bits per heavy atom. The van der Waals surface area contributed by atoms with Crippen LogP contribution in [0.3, 0.4) is 0 Å². The van der Waals surface area contributed by atoms with Crippen LogP contribution in [0.1, 0.15) is 21.7 Å². The van der Waals surface area contributed by atoms with Gasteiger partial charge in [-0.1, -0.05) is 24.3 Å². The van der Waals surface area contributed by atoms with E-state index in [1.807, 2.05) is 26.0 Å². The van der Waals surface area contributed by atoms with Crippen molar-refractivity contribution in [1.82, 2.24) is 15.2 Å². The van der Waals surface area contributed by atoms with Crippen LogP contribution in [0.5, 0.6) is 0 Å². The zero-order valence-corrected chi connectivity index (χ0v) is 14.7. The van der Waals surface area contributed by atoms with E-state index in [1.54, 1.807) is 36.6 Å². The molecule has 0 aliphatic carbocycles. The number of carbonyl (C=O) groups is 1. The van der Waals surface area contributed by atoms with Gasteiger partial charge >= 0.3 is 0 Å². The zero-order valence-electron chi connectivity index (χ0n) is 14.7. The Morgan fingerprint density at radius 2 is 1.89 bits per heavy atom. The Labute approximate surface area is 154 Å². The van der Waals surface area contributed by atoms with Gasteiger partial charge in [0.05, 0.1) is 11.1 Å². The smallest absolute Gasteiger partial charge is 0.276 e. The second-order valence-electron chi connectivity index (χ2n) is 6.22. The summed E-state index contributed by atoms with van der Waals surface area (Å²) in [5.74, 6) is 0.0712. The van der Waals surface area contributed by atoms with E-state index in [9.17, 15) is 9.59 Å². The molecule has 2 heterocycles. The quantitative estimate of drug-likeness (QED) is 0.583. The molecule has 4 rings (SSSR count). The Hall–Kier alpha value is -3.74. The lowest BCUT2D eigenvalue weighted by Crippen LogP contribution is -2.19. The van der Waals surface area contributed by atoms with Crippen LogP contribution in [-0.4, -0.2) is 21.1 Å². The van der Waals surface area contributed by atoms with Crippen molar-refractivity contribution in [1.29, 1.82) is 0 Å². The summed E-state index contributed by atoms with van der Waals surface area (Å²) in [5, 5.41) is 10.1. The van der Waals surface area contributed by atoms with Crippen LogP contribution in [0, 0.1) is 13.8 Å². The number of aromatic amines is 1. The largest absolute Gasteiger partial charge is 0.444 e. The summed E-state index contributed by atoms with van der Waals surface area (Å²) < 4.78 is 5.43. The summed E-state index contributed by atoms with van der Waals surface area (Å²) in [4.78, 5) is 29.0. The van der Waals surface area contributed by atoms with Crippen LogP contribution < -0.4 is 10.9 Å². The maximum Gasteiger partial charge on any atom is 0.276 e. The number of fused-ring (bicyclic) bond motifs is 1. The third-order valence-electron chi connectivity index (χ3n) is 4.26. The van der Waals surface area contributed by atoms with Crippen LogP contribution in [0.15, 0.2) is 57.9 Å². The van der Waals surface area contributed by atoms with E-state index in [0.717, 1.165) is 16.8 Å². The number of nitrogens with zero attached hydrogens (tertiary/aromatic N) is 2. The van der Waals surface area contributed by atoms with E-state index in [-0.39, 0.29) is 11.3 Å². The van der Waals surface area contributed by atoms with Crippen molar-refractivity contribution in [3.8, 4) is 11.5 Å². The summed E-state index contributed by atoms with van der Waals surface area (Å²) >= 11 is 0. The van der Waals surface area contributed by atoms with Gasteiger partial charge in [-0.05, 0) is 37.6 Å². The number of amides is 1. The molecule has 0 atom stereocenters. The van der Waals surface area contributed by atoms with Crippen molar-refractivity contribution < 1.29 is 9.21 Å². The Kier molecular flexibility index (Phi) is 4.04. The lowest BCUT2D eigenvalue weighted by Gasteiger charge is -2.10. The maximum absolute atomic E-state index is 12.8. The third kappa shape index (κ3) is 3.10. The molecule has 0 fully saturated rings. The van der Waals surface area contributed by atoms with Crippen LogP contribution in [-0.2, 0) is 0 Å². The first-order valence-electron chi connectivity index (χ1n) is 8.35. The molecule has 7 heteroatoms. The molecule has 2 aromatic carbocycles. The molecule has 4 aromatic rings. The lowest BCUT2D eigenvalue weighted by molar-refractivity contribution is 0.102. The summed E-state index contributed by atoms with van der Waals surface area (Å²) in [6.45, 7) is 3.73. The fourth-order valence-corrected chi connectivity index (χ4v) is 2.85. The molecule has 27 heavy (non-hydrogen) atoms. The maximum atomic E-state index is 12.8. The average Bonchev–Trinajstić information content (AvgIpc) is 3.10. The predicted octanol–water partition coefficient (Wildman–Crippen LogP) is 3.45. The number of nitrogens with one attached hydrogen (secondary N) is 2. The molecule has 0 bridgehead atoms. The van der Waals surface area contributed by atoms with E-state index in [4.69, 9.17) is 4.42 Å². The minimum absolute atomic E-state index is 0.155. The number of anilines is 1. The third-order valence-corrected chi connectivity index (χ3v) is 4.26. The highest BCUT2D eigenvalue weighted by molar-refractivity contribution is 6.11. The second-order valence-corrected chi connectivity index (χ2v) is 6.22. The van der Waals surface area contributed by atoms with Gasteiger partial charge in [-0.25, -0.2) is 10.1 Å². The van der Waals surface area contributed by atoms with Crippen molar-refractivity contribution in [2.75, 3.05) is 5.32 Å². The first kappa shape index (κ1) is 16.7. The van der Waals surface area contributed by atoms with Crippen LogP contribution in [0.4, 0.5) is 5.69 Å². The number of carbonyl (C=O) groups excluding carboxylic acids is 1. The van der Waals surface area contributed by atoms with Crippen molar-refractivity contribution in [3.05, 3.63) is 76.0 Å². The van der Waals surface area contributed by atoms with E-state index in [2.05, 4.69) is 20.5 Å². The fourth-order valence-electron chi connectivity index (χ4n) is 2.85. The Balaban J connectivity index is 1.72. The molecular weight excluding hydrogens is 344 g/mol. The Morgan fingerprint density at radius 1 is 1.11 bits per heavy atom. The number of aryl methyl sites for hydroxylation is 2. The molecule has 0 spiro atoms. The fraction of sp³-hybridized carbons (Fsp3) is 0.100. The highest BCUT2D eigenvalue weighted by atomic mass is 16.3. The summed E-state index contributed by atoms with van der Waals surface area (Å²) in [6, 6.07) is 12.4. The topological polar surface area (TPSA) is 101 Å². The van der Waals surface area contributed by atoms with E-state index in [1.165, 1.54) is 0 Å². The van der Waals surface area contributed by atoms with Crippen LogP contribution in [0.2, 0.25) is 0 Å². The van der Waals surface area contributed by atoms with Gasteiger partial charge in [0.15, 0.2) is 5.69 Å². The Bertz CT molecular complexity index is 1220. The van der Waals surface area contributed by atoms with Crippen molar-refractivity contribution >= 4 is 22.4 Å². The van der Waals surface area contributed by atoms with Crippen molar-refractivity contribution in [2.45, 2.75) is 13.8 Å². The van der Waals surface area contributed by atoms with E-state index < -0.39 is 5.91 Å². The molecule has 0 radical (unpaired) electrons. The van der Waals surface area contributed by atoms with E-state index >= 15 is 0 Å². The molecule has 1 amide bonds. The summed E-state index contributed by atoms with van der Waals surface area (Å²) in [7, 11) is 0. The second kappa shape index (κ2) is 6.53. The summed E-state index contributed by atoms with van der Waals surface area (Å²) in [5.41, 5.74) is 2.85. The zero-order chi connectivity index (χ0) is 19.0. The number of hydrogen-bond acceptors (Lipinski definition) is 5. The molecule has 0 aliphatic heterocycles. The van der Waals surface area contributed by atoms with Gasteiger partial charge in [0.1, 0.15) is 6.26 Å². The van der Waals surface area contributed by atoms with Gasteiger partial charge in [-0.15, -0.1) is 0 Å². The number of H-pyrrole nitrogens is 1. The van der Waals surface area contributed by atoms with Crippen LogP contribution >= 0.6 is 0 Å². The lowest BCUT2D eigenvalue weighted by atomic mass is 10.1. The number of hydrogen-bond donors (Lipinski definition) is 2. The first-order valence-corrected chi connectivity index (χ1v) is 8.35. The molecule has 7 nitrogen and oxygen atoms in total. The molecular formula is C20H16N4O3. The molecule has 2 aromatic heterocycles. The summed E-state index contributed by atoms with van der Waals surface area (Å²) in [6.07, 6.45) is 1.57.